The fourth-order valence-electron chi connectivity index (χ4n) is 3.73. The molecule has 1 aromatic carbocycles. The zero-order chi connectivity index (χ0) is 26.7. The average molecular weight is 497 g/mol. The van der Waals surface area contributed by atoms with Crippen LogP contribution < -0.4 is 16.0 Å². The molecule has 0 spiro atoms. The molecule has 194 valence electrons. The molecule has 0 bridgehead atoms. The second kappa shape index (κ2) is 14.3. The van der Waals surface area contributed by atoms with Crippen LogP contribution in [-0.4, -0.2) is 62.9 Å². The van der Waals surface area contributed by atoms with Crippen LogP contribution in [-0.2, 0) is 16.0 Å². The summed E-state index contributed by atoms with van der Waals surface area (Å²) in [6.07, 6.45) is 5.00. The molecule has 11 heteroatoms. The highest BCUT2D eigenvalue weighted by atomic mass is 16.4. The standard InChI is InChI=1S/C25H36BN5O5/c1-16(2)12-19(24(33)31-22(26(35)36)13-17(3)4)29-23(32)20(14-18-8-6-5-7-9-18)30-25(34)21-15-27-10-11-28-21/h5-11,15-17,19-20,22,35-36H,12-14H2,1-4H3,(H,29,32)(H,30,34)(H,31,33)/t19-,20-,22+/m0/s1. The summed E-state index contributed by atoms with van der Waals surface area (Å²) in [5, 5.41) is 27.5. The number of rotatable bonds is 13. The molecule has 0 aliphatic heterocycles. The van der Waals surface area contributed by atoms with Crippen molar-refractivity contribution in [3.8, 4) is 0 Å². The Kier molecular flexibility index (Phi) is 11.5. The van der Waals surface area contributed by atoms with E-state index < -0.39 is 42.9 Å². The Balaban J connectivity index is 2.22. The number of carbonyl (C=O) groups is 3. The van der Waals surface area contributed by atoms with Crippen molar-refractivity contribution < 1.29 is 24.4 Å². The lowest BCUT2D eigenvalue weighted by atomic mass is 9.75. The summed E-state index contributed by atoms with van der Waals surface area (Å²) in [7, 11) is -1.73. The molecular formula is C25H36BN5O5. The molecule has 0 unspecified atom stereocenters. The van der Waals surface area contributed by atoms with E-state index in [1.807, 2.05) is 58.0 Å². The molecule has 3 amide bonds. The van der Waals surface area contributed by atoms with Crippen molar-refractivity contribution in [1.82, 2.24) is 25.9 Å². The first-order chi connectivity index (χ1) is 17.1. The highest BCUT2D eigenvalue weighted by Gasteiger charge is 2.32. The minimum absolute atomic E-state index is 0.0606. The maximum absolute atomic E-state index is 13.4. The Hall–Kier alpha value is -3.31. The van der Waals surface area contributed by atoms with Crippen molar-refractivity contribution >= 4 is 24.8 Å². The Bertz CT molecular complexity index is 975. The van der Waals surface area contributed by atoms with Crippen molar-refractivity contribution in [1.29, 1.82) is 0 Å². The lowest BCUT2D eigenvalue weighted by Crippen LogP contribution is -2.57. The van der Waals surface area contributed by atoms with Crippen LogP contribution in [0.15, 0.2) is 48.9 Å². The Labute approximate surface area is 212 Å². The van der Waals surface area contributed by atoms with Crippen LogP contribution >= 0.6 is 0 Å². The largest absolute Gasteiger partial charge is 0.475 e. The van der Waals surface area contributed by atoms with Gasteiger partial charge in [-0.2, -0.15) is 0 Å². The average Bonchev–Trinajstić information content (AvgIpc) is 2.83. The predicted octanol–water partition coefficient (Wildman–Crippen LogP) is 0.892. The summed E-state index contributed by atoms with van der Waals surface area (Å²) >= 11 is 0. The maximum atomic E-state index is 13.4. The highest BCUT2D eigenvalue weighted by molar-refractivity contribution is 6.43. The van der Waals surface area contributed by atoms with Gasteiger partial charge in [-0.05, 0) is 30.2 Å². The van der Waals surface area contributed by atoms with Gasteiger partial charge < -0.3 is 26.0 Å². The van der Waals surface area contributed by atoms with Crippen LogP contribution in [0, 0.1) is 11.8 Å². The van der Waals surface area contributed by atoms with E-state index in [-0.39, 0.29) is 24.0 Å². The molecule has 0 saturated heterocycles. The molecule has 5 N–H and O–H groups in total. The van der Waals surface area contributed by atoms with Gasteiger partial charge >= 0.3 is 7.12 Å². The Morgan fingerprint density at radius 1 is 0.861 bits per heavy atom. The third-order valence-corrected chi connectivity index (χ3v) is 5.45. The van der Waals surface area contributed by atoms with Crippen LogP contribution in [0.1, 0.15) is 56.6 Å². The van der Waals surface area contributed by atoms with Crippen LogP contribution in [0.2, 0.25) is 0 Å². The molecule has 2 aromatic rings. The van der Waals surface area contributed by atoms with Crippen molar-refractivity contribution in [2.75, 3.05) is 0 Å². The van der Waals surface area contributed by atoms with Gasteiger partial charge in [-0.3, -0.25) is 19.4 Å². The Morgan fingerprint density at radius 2 is 1.50 bits per heavy atom. The van der Waals surface area contributed by atoms with E-state index in [0.717, 1.165) is 5.56 Å². The second-order valence-electron chi connectivity index (χ2n) is 9.66. The SMILES string of the molecule is CC(C)C[C@H](NC(=O)[C@H](Cc1ccccc1)NC(=O)c1cnccn1)C(=O)N[C@H](CC(C)C)B(O)O. The zero-order valence-electron chi connectivity index (χ0n) is 21.2. The number of hydrogen-bond acceptors (Lipinski definition) is 7. The van der Waals surface area contributed by atoms with E-state index in [2.05, 4.69) is 25.9 Å². The van der Waals surface area contributed by atoms with Gasteiger partial charge in [0.2, 0.25) is 11.8 Å². The fraction of sp³-hybridized carbons (Fsp3) is 0.480. The van der Waals surface area contributed by atoms with E-state index >= 15 is 0 Å². The number of carbonyl (C=O) groups excluding carboxylic acids is 3. The quantitative estimate of drug-likeness (QED) is 0.258. The highest BCUT2D eigenvalue weighted by Crippen LogP contribution is 2.11. The summed E-state index contributed by atoms with van der Waals surface area (Å²) < 4.78 is 0. The van der Waals surface area contributed by atoms with Crippen molar-refractivity contribution in [2.45, 2.75) is 65.0 Å². The number of nitrogens with zero attached hydrogens (tertiary/aromatic N) is 2. The van der Waals surface area contributed by atoms with E-state index in [9.17, 15) is 24.4 Å². The number of nitrogens with one attached hydrogen (secondary N) is 3. The number of hydrogen-bond donors (Lipinski definition) is 5. The van der Waals surface area contributed by atoms with Crippen molar-refractivity contribution in [3.63, 3.8) is 0 Å². The van der Waals surface area contributed by atoms with E-state index in [4.69, 9.17) is 0 Å². The van der Waals surface area contributed by atoms with Gasteiger partial charge in [0.1, 0.15) is 17.8 Å². The van der Waals surface area contributed by atoms with E-state index in [1.54, 1.807) is 0 Å². The summed E-state index contributed by atoms with van der Waals surface area (Å²) in [6, 6.07) is 7.27. The summed E-state index contributed by atoms with van der Waals surface area (Å²) in [6.45, 7) is 7.64. The molecule has 1 aromatic heterocycles. The molecular weight excluding hydrogens is 461 g/mol. The topological polar surface area (TPSA) is 154 Å². The molecule has 1 heterocycles. The normalized spacial score (nSPS) is 13.6. The van der Waals surface area contributed by atoms with E-state index in [1.165, 1.54) is 18.6 Å². The minimum atomic E-state index is -1.73. The van der Waals surface area contributed by atoms with Crippen LogP contribution in [0.3, 0.4) is 0 Å². The lowest BCUT2D eigenvalue weighted by molar-refractivity contribution is -0.130. The first-order valence-electron chi connectivity index (χ1n) is 12.1. The zero-order valence-corrected chi connectivity index (χ0v) is 21.2. The lowest BCUT2D eigenvalue weighted by Gasteiger charge is -2.27. The van der Waals surface area contributed by atoms with Gasteiger partial charge in [0.05, 0.1) is 12.1 Å². The van der Waals surface area contributed by atoms with Crippen LogP contribution in [0.5, 0.6) is 0 Å². The van der Waals surface area contributed by atoms with Gasteiger partial charge in [0.25, 0.3) is 5.91 Å². The van der Waals surface area contributed by atoms with Gasteiger partial charge in [-0.1, -0.05) is 58.0 Å². The first kappa shape index (κ1) is 28.9. The van der Waals surface area contributed by atoms with Crippen LogP contribution in [0.25, 0.3) is 0 Å². The smallest absolute Gasteiger partial charge is 0.426 e. The molecule has 0 aliphatic carbocycles. The summed E-state index contributed by atoms with van der Waals surface area (Å²) in [5.41, 5.74) is 0.885. The van der Waals surface area contributed by atoms with Gasteiger partial charge in [-0.25, -0.2) is 4.98 Å². The van der Waals surface area contributed by atoms with Crippen LogP contribution in [0.4, 0.5) is 0 Å². The molecule has 3 atom stereocenters. The first-order valence-corrected chi connectivity index (χ1v) is 12.1. The third kappa shape index (κ3) is 9.75. The number of benzene rings is 1. The third-order valence-electron chi connectivity index (χ3n) is 5.45. The predicted molar refractivity (Wildman–Crippen MR) is 136 cm³/mol. The van der Waals surface area contributed by atoms with Gasteiger partial charge in [0.15, 0.2) is 0 Å². The number of amides is 3. The Morgan fingerprint density at radius 3 is 2.06 bits per heavy atom. The molecule has 0 saturated carbocycles. The molecule has 2 rings (SSSR count). The van der Waals surface area contributed by atoms with Crippen molar-refractivity contribution in [2.24, 2.45) is 11.8 Å². The van der Waals surface area contributed by atoms with Gasteiger partial charge in [-0.15, -0.1) is 0 Å². The molecule has 0 aliphatic rings. The fourth-order valence-corrected chi connectivity index (χ4v) is 3.73. The maximum Gasteiger partial charge on any atom is 0.475 e. The molecule has 36 heavy (non-hydrogen) atoms. The summed E-state index contributed by atoms with van der Waals surface area (Å²) in [4.78, 5) is 47.1. The molecule has 10 nitrogen and oxygen atoms in total. The number of aromatic nitrogens is 2. The molecule has 0 radical (unpaired) electrons. The summed E-state index contributed by atoms with van der Waals surface area (Å²) in [5.74, 6) is -2.33. The monoisotopic (exact) mass is 497 g/mol. The molecule has 0 fully saturated rings. The minimum Gasteiger partial charge on any atom is -0.426 e. The second-order valence-corrected chi connectivity index (χ2v) is 9.66. The van der Waals surface area contributed by atoms with Gasteiger partial charge in [0, 0.05) is 18.8 Å². The van der Waals surface area contributed by atoms with E-state index in [0.29, 0.717) is 12.8 Å². The van der Waals surface area contributed by atoms with Crippen molar-refractivity contribution in [3.05, 3.63) is 60.2 Å².